The van der Waals surface area contributed by atoms with Gasteiger partial charge in [-0.1, -0.05) is 60.7 Å². The maximum atomic E-state index is 12.1. The molecule has 0 spiro atoms. The Labute approximate surface area is 168 Å². The van der Waals surface area contributed by atoms with E-state index in [4.69, 9.17) is 10.1 Å². The van der Waals surface area contributed by atoms with Gasteiger partial charge in [-0.05, 0) is 36.2 Å². The number of amides is 1. The highest BCUT2D eigenvalue weighted by Crippen LogP contribution is 2.38. The van der Waals surface area contributed by atoms with Gasteiger partial charge in [-0.2, -0.15) is 0 Å². The second kappa shape index (κ2) is 7.41. The van der Waals surface area contributed by atoms with E-state index in [0.29, 0.717) is 34.7 Å². The van der Waals surface area contributed by atoms with Gasteiger partial charge in [0.15, 0.2) is 11.4 Å². The zero-order valence-corrected chi connectivity index (χ0v) is 15.9. The van der Waals surface area contributed by atoms with Crippen molar-refractivity contribution in [3.05, 3.63) is 95.8 Å². The van der Waals surface area contributed by atoms with Gasteiger partial charge in [-0.3, -0.25) is 5.32 Å². The number of fused-ring (bicyclic) bond motifs is 1. The minimum absolute atomic E-state index is 0.453. The number of nitrogens with one attached hydrogen (secondary N) is 1. The number of benzene rings is 3. The van der Waals surface area contributed by atoms with Crippen molar-refractivity contribution in [2.24, 2.45) is 0 Å². The Balaban J connectivity index is 1.99. The molecule has 1 amide bonds. The molecule has 0 atom stereocenters. The van der Waals surface area contributed by atoms with Crippen LogP contribution in [0.4, 0.5) is 10.5 Å². The molecular formula is C23H21N3O3. The van der Waals surface area contributed by atoms with Crippen LogP contribution >= 0.6 is 0 Å². The summed E-state index contributed by atoms with van der Waals surface area (Å²) in [5, 5.41) is 23.5. The first-order valence-corrected chi connectivity index (χ1v) is 9.38. The molecule has 1 heterocycles. The topological polar surface area (TPSA) is 87.4 Å². The number of hydrogen-bond acceptors (Lipinski definition) is 3. The van der Waals surface area contributed by atoms with Crippen LogP contribution in [0.2, 0.25) is 0 Å². The number of nitrogens with zero attached hydrogens (tertiary/aromatic N) is 2. The van der Waals surface area contributed by atoms with Crippen molar-refractivity contribution in [1.82, 2.24) is 9.55 Å². The second-order valence-electron chi connectivity index (χ2n) is 6.76. The van der Waals surface area contributed by atoms with Crippen molar-refractivity contribution >= 4 is 22.8 Å². The van der Waals surface area contributed by atoms with Crippen LogP contribution in [0.1, 0.15) is 23.9 Å². The average molecular weight is 387 g/mol. The van der Waals surface area contributed by atoms with E-state index in [-0.39, 0.29) is 0 Å². The van der Waals surface area contributed by atoms with Crippen molar-refractivity contribution in [2.45, 2.75) is 19.1 Å². The quantitative estimate of drug-likeness (QED) is 0.473. The van der Waals surface area contributed by atoms with E-state index < -0.39 is 11.7 Å². The number of aryl methyl sites for hydroxylation is 1. The molecule has 0 aliphatic heterocycles. The molecule has 0 saturated heterocycles. The van der Waals surface area contributed by atoms with Gasteiger partial charge in [0.2, 0.25) is 0 Å². The zero-order chi connectivity index (χ0) is 20.4. The molecule has 146 valence electrons. The Morgan fingerprint density at radius 3 is 2.10 bits per heavy atom. The molecule has 0 unspecified atom stereocenters. The molecule has 6 nitrogen and oxygen atoms in total. The fourth-order valence-electron chi connectivity index (χ4n) is 3.70. The maximum Gasteiger partial charge on any atom is 0.409 e. The molecule has 0 radical (unpaired) electrons. The van der Waals surface area contributed by atoms with Crippen LogP contribution in [-0.2, 0) is 12.1 Å². The molecule has 6 heteroatoms. The highest BCUT2D eigenvalue weighted by molar-refractivity contribution is 5.88. The molecule has 0 bridgehead atoms. The maximum absolute atomic E-state index is 12.1. The minimum Gasteiger partial charge on any atom is -0.465 e. The highest BCUT2D eigenvalue weighted by atomic mass is 16.4. The number of rotatable bonds is 5. The molecule has 3 N–H and O–H groups in total. The van der Waals surface area contributed by atoms with E-state index in [0.717, 1.165) is 5.52 Å². The summed E-state index contributed by atoms with van der Waals surface area (Å²) in [4.78, 5) is 15.8. The van der Waals surface area contributed by atoms with Gasteiger partial charge in [0.05, 0.1) is 11.0 Å². The average Bonchev–Trinajstić information content (AvgIpc) is 3.12. The number of imidazole rings is 1. The number of carboxylic acid groups (broad SMARTS) is 1. The molecule has 0 aliphatic rings. The molecular weight excluding hydrogens is 366 g/mol. The van der Waals surface area contributed by atoms with Gasteiger partial charge in [0.1, 0.15) is 0 Å². The van der Waals surface area contributed by atoms with Crippen molar-refractivity contribution in [3.63, 3.8) is 0 Å². The third kappa shape index (κ3) is 3.23. The largest absolute Gasteiger partial charge is 0.465 e. The first-order chi connectivity index (χ1) is 14.0. The van der Waals surface area contributed by atoms with Crippen LogP contribution in [0.3, 0.4) is 0 Å². The van der Waals surface area contributed by atoms with Gasteiger partial charge in [0.25, 0.3) is 0 Å². The molecule has 4 aromatic rings. The Hall–Kier alpha value is -3.64. The van der Waals surface area contributed by atoms with E-state index in [9.17, 15) is 9.90 Å². The Kier molecular flexibility index (Phi) is 4.78. The number of carbonyl (C=O) groups is 1. The standard InChI is InChI=1S/C23H21N3O3/c1-2-26-20-15-18(24-22(27)28)13-14-19(20)25-21(26)23(29,16-9-5-3-6-10-16)17-11-7-4-8-12-17/h3-15,24,29H,2H2,1H3,(H,27,28). The summed E-state index contributed by atoms with van der Waals surface area (Å²) < 4.78 is 1.92. The monoisotopic (exact) mass is 387 g/mol. The van der Waals surface area contributed by atoms with E-state index in [1.807, 2.05) is 72.2 Å². The fourth-order valence-corrected chi connectivity index (χ4v) is 3.70. The molecule has 0 saturated carbocycles. The highest BCUT2D eigenvalue weighted by Gasteiger charge is 2.38. The SMILES string of the molecule is CCn1c(C(O)(c2ccccc2)c2ccccc2)nc2ccc(NC(=O)O)cc21. The molecule has 0 fully saturated rings. The Morgan fingerprint density at radius 1 is 1.00 bits per heavy atom. The normalized spacial score (nSPS) is 11.5. The molecule has 3 aromatic carbocycles. The lowest BCUT2D eigenvalue weighted by atomic mass is 9.85. The van der Waals surface area contributed by atoms with Crippen LogP contribution in [-0.4, -0.2) is 25.9 Å². The van der Waals surface area contributed by atoms with Crippen molar-refractivity contribution < 1.29 is 15.0 Å². The molecule has 1 aromatic heterocycles. The Bertz CT molecular complexity index is 1110. The summed E-state index contributed by atoms with van der Waals surface area (Å²) in [6.45, 7) is 2.53. The van der Waals surface area contributed by atoms with Crippen LogP contribution in [0.15, 0.2) is 78.9 Å². The van der Waals surface area contributed by atoms with E-state index >= 15 is 0 Å². The second-order valence-corrected chi connectivity index (χ2v) is 6.76. The summed E-state index contributed by atoms with van der Waals surface area (Å²) in [7, 11) is 0. The fraction of sp³-hybridized carbons (Fsp3) is 0.130. The number of aromatic nitrogens is 2. The van der Waals surface area contributed by atoms with Gasteiger partial charge in [0, 0.05) is 12.2 Å². The van der Waals surface area contributed by atoms with E-state index in [1.54, 1.807) is 18.2 Å². The lowest BCUT2D eigenvalue weighted by Gasteiger charge is -2.29. The minimum atomic E-state index is -1.46. The summed E-state index contributed by atoms with van der Waals surface area (Å²) in [6.07, 6.45) is -1.13. The van der Waals surface area contributed by atoms with Crippen LogP contribution in [0, 0.1) is 0 Å². The number of aliphatic hydroxyl groups is 1. The van der Waals surface area contributed by atoms with Crippen LogP contribution < -0.4 is 5.32 Å². The van der Waals surface area contributed by atoms with Crippen LogP contribution in [0.5, 0.6) is 0 Å². The number of anilines is 1. The smallest absolute Gasteiger partial charge is 0.409 e. The molecule has 4 rings (SSSR count). The lowest BCUT2D eigenvalue weighted by Crippen LogP contribution is -2.32. The van der Waals surface area contributed by atoms with Crippen molar-refractivity contribution in [1.29, 1.82) is 0 Å². The van der Waals surface area contributed by atoms with Gasteiger partial charge >= 0.3 is 6.09 Å². The predicted molar refractivity (Wildman–Crippen MR) is 112 cm³/mol. The van der Waals surface area contributed by atoms with E-state index in [1.165, 1.54) is 0 Å². The third-order valence-electron chi connectivity index (χ3n) is 5.02. The Morgan fingerprint density at radius 2 is 1.59 bits per heavy atom. The molecule has 29 heavy (non-hydrogen) atoms. The van der Waals surface area contributed by atoms with Gasteiger partial charge < -0.3 is 14.8 Å². The van der Waals surface area contributed by atoms with Gasteiger partial charge in [-0.15, -0.1) is 0 Å². The van der Waals surface area contributed by atoms with Gasteiger partial charge in [-0.25, -0.2) is 9.78 Å². The van der Waals surface area contributed by atoms with Crippen molar-refractivity contribution in [2.75, 3.05) is 5.32 Å². The van der Waals surface area contributed by atoms with Crippen molar-refractivity contribution in [3.8, 4) is 0 Å². The van der Waals surface area contributed by atoms with E-state index in [2.05, 4.69) is 5.32 Å². The summed E-state index contributed by atoms with van der Waals surface area (Å²) in [5.74, 6) is 0.486. The zero-order valence-electron chi connectivity index (χ0n) is 15.9. The van der Waals surface area contributed by atoms with Crippen LogP contribution in [0.25, 0.3) is 11.0 Å². The number of hydrogen-bond donors (Lipinski definition) is 3. The molecule has 0 aliphatic carbocycles. The summed E-state index contributed by atoms with van der Waals surface area (Å²) in [5.41, 5.74) is 1.84. The first-order valence-electron chi connectivity index (χ1n) is 9.38. The lowest BCUT2D eigenvalue weighted by molar-refractivity contribution is 0.112. The first kappa shape index (κ1) is 18.7. The summed E-state index contributed by atoms with van der Waals surface area (Å²) in [6, 6.07) is 24.0. The summed E-state index contributed by atoms with van der Waals surface area (Å²) >= 11 is 0. The third-order valence-corrected chi connectivity index (χ3v) is 5.02. The predicted octanol–water partition coefficient (Wildman–Crippen LogP) is 4.43.